The lowest BCUT2D eigenvalue weighted by Crippen LogP contribution is -2.52. The summed E-state index contributed by atoms with van der Waals surface area (Å²) in [7, 11) is 1.20. The number of carbonyl (C=O) groups is 3. The molecule has 1 atom stereocenters. The summed E-state index contributed by atoms with van der Waals surface area (Å²) in [6.45, 7) is 2.94. The number of nitrogens with zero attached hydrogens (tertiary/aromatic N) is 1. The van der Waals surface area contributed by atoms with Crippen molar-refractivity contribution in [2.45, 2.75) is 25.8 Å². The van der Waals surface area contributed by atoms with E-state index < -0.39 is 40.9 Å². The van der Waals surface area contributed by atoms with Crippen LogP contribution < -0.4 is 10.2 Å². The van der Waals surface area contributed by atoms with Crippen molar-refractivity contribution < 1.29 is 27.9 Å². The van der Waals surface area contributed by atoms with Crippen LogP contribution in [0.15, 0.2) is 18.2 Å². The van der Waals surface area contributed by atoms with E-state index in [1.54, 1.807) is 0 Å². The van der Waals surface area contributed by atoms with Crippen LogP contribution in [-0.2, 0) is 19.1 Å². The molecule has 1 aromatic carbocycles. The highest BCUT2D eigenvalue weighted by Crippen LogP contribution is 2.27. The van der Waals surface area contributed by atoms with E-state index in [1.165, 1.54) is 21.0 Å². The maximum atomic E-state index is 13.3. The predicted octanol–water partition coefficient (Wildman–Crippen LogP) is 1.39. The molecule has 1 aliphatic heterocycles. The Hall–Kier alpha value is -2.51. The smallest absolute Gasteiger partial charge is 0.330 e. The fraction of sp³-hybridized carbons (Fsp3) is 0.438. The van der Waals surface area contributed by atoms with Crippen LogP contribution in [0.25, 0.3) is 0 Å². The number of hydrogen-bond donors (Lipinski definition) is 1. The molecule has 1 saturated heterocycles. The number of carbonyl (C=O) groups excluding carboxylic acids is 3. The molecule has 130 valence electrons. The van der Waals surface area contributed by atoms with Crippen LogP contribution in [0, 0.1) is 17.6 Å². The van der Waals surface area contributed by atoms with Gasteiger partial charge in [0.2, 0.25) is 11.8 Å². The zero-order valence-electron chi connectivity index (χ0n) is 13.6. The van der Waals surface area contributed by atoms with E-state index in [2.05, 4.69) is 10.1 Å². The molecule has 6 nitrogen and oxygen atoms in total. The van der Waals surface area contributed by atoms with Crippen LogP contribution in [0.2, 0.25) is 0 Å². The molecule has 1 aromatic rings. The van der Waals surface area contributed by atoms with Crippen molar-refractivity contribution in [3.63, 3.8) is 0 Å². The number of hydrogen-bond acceptors (Lipinski definition) is 4. The number of benzene rings is 1. The van der Waals surface area contributed by atoms with Crippen molar-refractivity contribution in [3.8, 4) is 0 Å². The average Bonchev–Trinajstić information content (AvgIpc) is 2.87. The third-order valence-electron chi connectivity index (χ3n) is 3.79. The first-order valence-electron chi connectivity index (χ1n) is 7.31. The van der Waals surface area contributed by atoms with Gasteiger partial charge in [-0.1, -0.05) is 0 Å². The van der Waals surface area contributed by atoms with Crippen LogP contribution in [0.5, 0.6) is 0 Å². The van der Waals surface area contributed by atoms with Crippen molar-refractivity contribution in [1.29, 1.82) is 0 Å². The van der Waals surface area contributed by atoms with Gasteiger partial charge in [0, 0.05) is 24.7 Å². The molecule has 0 bridgehead atoms. The summed E-state index contributed by atoms with van der Waals surface area (Å²) in [6.07, 6.45) is -0.110. The largest absolute Gasteiger partial charge is 0.467 e. The summed E-state index contributed by atoms with van der Waals surface area (Å²) in [5.41, 5.74) is -1.19. The van der Waals surface area contributed by atoms with Gasteiger partial charge in [0.1, 0.15) is 17.2 Å². The molecule has 0 aliphatic carbocycles. The number of esters is 1. The molecule has 8 heteroatoms. The average molecular weight is 340 g/mol. The van der Waals surface area contributed by atoms with Gasteiger partial charge in [0.05, 0.1) is 13.0 Å². The second kappa shape index (κ2) is 6.54. The Bertz CT molecular complexity index is 670. The third-order valence-corrected chi connectivity index (χ3v) is 3.79. The minimum absolute atomic E-state index is 0.0230. The van der Waals surface area contributed by atoms with E-state index in [-0.39, 0.29) is 18.7 Å². The minimum Gasteiger partial charge on any atom is -0.467 e. The number of methoxy groups -OCH3 is 1. The third kappa shape index (κ3) is 3.69. The summed E-state index contributed by atoms with van der Waals surface area (Å²) in [5, 5.41) is 2.52. The highest BCUT2D eigenvalue weighted by atomic mass is 19.1. The SMILES string of the molecule is COC(=O)C(C)(C)NC(=O)C1CC(=O)N(c2cc(F)cc(F)c2)C1. The lowest BCUT2D eigenvalue weighted by Gasteiger charge is -2.25. The molecule has 0 spiro atoms. The van der Waals surface area contributed by atoms with Crippen LogP contribution in [0.4, 0.5) is 14.5 Å². The zero-order valence-corrected chi connectivity index (χ0v) is 13.6. The van der Waals surface area contributed by atoms with Crippen LogP contribution >= 0.6 is 0 Å². The van der Waals surface area contributed by atoms with E-state index in [1.807, 2.05) is 0 Å². The molecule has 0 saturated carbocycles. The minimum atomic E-state index is -1.24. The molecular weight excluding hydrogens is 322 g/mol. The first-order chi connectivity index (χ1) is 11.1. The molecule has 1 heterocycles. The van der Waals surface area contributed by atoms with Crippen molar-refractivity contribution in [3.05, 3.63) is 29.8 Å². The van der Waals surface area contributed by atoms with E-state index in [0.29, 0.717) is 6.07 Å². The van der Waals surface area contributed by atoms with Gasteiger partial charge in [-0.05, 0) is 26.0 Å². The molecule has 0 aromatic heterocycles. The van der Waals surface area contributed by atoms with Gasteiger partial charge in [-0.25, -0.2) is 13.6 Å². The Morgan fingerprint density at radius 3 is 2.38 bits per heavy atom. The van der Waals surface area contributed by atoms with Crippen molar-refractivity contribution in [1.82, 2.24) is 5.32 Å². The van der Waals surface area contributed by atoms with Gasteiger partial charge in [-0.15, -0.1) is 0 Å². The number of nitrogens with one attached hydrogen (secondary N) is 1. The first kappa shape index (κ1) is 17.8. The van der Waals surface area contributed by atoms with Gasteiger partial charge in [0.15, 0.2) is 0 Å². The van der Waals surface area contributed by atoms with Crippen LogP contribution in [-0.4, -0.2) is 37.0 Å². The predicted molar refractivity (Wildman–Crippen MR) is 81.1 cm³/mol. The molecule has 1 aliphatic rings. The molecular formula is C16H18F2N2O4. The Kier molecular flexibility index (Phi) is 4.86. The van der Waals surface area contributed by atoms with Crippen LogP contribution in [0.3, 0.4) is 0 Å². The van der Waals surface area contributed by atoms with Gasteiger partial charge in [-0.3, -0.25) is 9.59 Å². The van der Waals surface area contributed by atoms with Gasteiger partial charge in [0.25, 0.3) is 0 Å². The second-order valence-electron chi connectivity index (χ2n) is 6.14. The highest BCUT2D eigenvalue weighted by Gasteiger charge is 2.39. The first-order valence-corrected chi connectivity index (χ1v) is 7.31. The van der Waals surface area contributed by atoms with E-state index in [4.69, 9.17) is 0 Å². The quantitative estimate of drug-likeness (QED) is 0.841. The summed E-state index contributed by atoms with van der Waals surface area (Å²) < 4.78 is 31.2. The molecule has 2 rings (SSSR count). The summed E-state index contributed by atoms with van der Waals surface area (Å²) >= 11 is 0. The Morgan fingerprint density at radius 2 is 1.83 bits per heavy atom. The Balaban J connectivity index is 2.11. The monoisotopic (exact) mass is 340 g/mol. The van der Waals surface area contributed by atoms with Gasteiger partial charge < -0.3 is 15.0 Å². The topological polar surface area (TPSA) is 75.7 Å². The number of amides is 2. The molecule has 0 radical (unpaired) electrons. The fourth-order valence-electron chi connectivity index (χ4n) is 2.54. The van der Waals surface area contributed by atoms with Crippen molar-refractivity contribution >= 4 is 23.5 Å². The van der Waals surface area contributed by atoms with E-state index >= 15 is 0 Å². The lowest BCUT2D eigenvalue weighted by atomic mass is 10.0. The van der Waals surface area contributed by atoms with Crippen molar-refractivity contribution in [2.24, 2.45) is 5.92 Å². The normalized spacial score (nSPS) is 17.8. The second-order valence-corrected chi connectivity index (χ2v) is 6.14. The lowest BCUT2D eigenvalue weighted by molar-refractivity contribution is -0.149. The molecule has 2 amide bonds. The molecule has 24 heavy (non-hydrogen) atoms. The van der Waals surface area contributed by atoms with Gasteiger partial charge >= 0.3 is 5.97 Å². The standard InChI is InChI=1S/C16H18F2N2O4/c1-16(2,15(23)24-3)19-14(22)9-4-13(21)20(8-9)12-6-10(17)5-11(18)7-12/h5-7,9H,4,8H2,1-3H3,(H,19,22). The van der Waals surface area contributed by atoms with Crippen molar-refractivity contribution in [2.75, 3.05) is 18.6 Å². The Labute approximate surface area is 137 Å². The number of ether oxygens (including phenoxy) is 1. The highest BCUT2D eigenvalue weighted by molar-refractivity contribution is 6.01. The number of rotatable bonds is 4. The van der Waals surface area contributed by atoms with Gasteiger partial charge in [-0.2, -0.15) is 0 Å². The zero-order chi connectivity index (χ0) is 18.1. The summed E-state index contributed by atoms with van der Waals surface area (Å²) in [5.74, 6) is -3.89. The van der Waals surface area contributed by atoms with Crippen LogP contribution in [0.1, 0.15) is 20.3 Å². The van der Waals surface area contributed by atoms with E-state index in [9.17, 15) is 23.2 Å². The maximum absolute atomic E-state index is 13.3. The molecule has 1 N–H and O–H groups in total. The molecule has 1 unspecified atom stereocenters. The summed E-state index contributed by atoms with van der Waals surface area (Å²) in [4.78, 5) is 37.1. The van der Waals surface area contributed by atoms with E-state index in [0.717, 1.165) is 17.0 Å². The molecule has 1 fully saturated rings. The maximum Gasteiger partial charge on any atom is 0.330 e. The Morgan fingerprint density at radius 1 is 1.25 bits per heavy atom. The fourth-order valence-corrected chi connectivity index (χ4v) is 2.54. The summed E-state index contributed by atoms with van der Waals surface area (Å²) in [6, 6.07) is 2.76. The number of halogens is 2. The number of anilines is 1.